The number of anilines is 1. The van der Waals surface area contributed by atoms with E-state index in [2.05, 4.69) is 13.8 Å². The molecule has 2 fully saturated rings. The molecule has 0 heterocycles. The summed E-state index contributed by atoms with van der Waals surface area (Å²) in [7, 11) is 0. The molecular weight excluding hydrogens is 396 g/mol. The number of Topliss-reactive ketones (excluding diaryl/α,β-unsaturated/α-hetero) is 1. The van der Waals surface area contributed by atoms with Crippen molar-refractivity contribution >= 4 is 23.1 Å². The van der Waals surface area contributed by atoms with E-state index in [-0.39, 0.29) is 28.4 Å². The van der Waals surface area contributed by atoms with Crippen LogP contribution in [0.15, 0.2) is 66.4 Å². The third-order valence-electron chi connectivity index (χ3n) is 7.13. The van der Waals surface area contributed by atoms with E-state index in [4.69, 9.17) is 4.84 Å². The number of carbonyl (C=O) groups is 2. The second kappa shape index (κ2) is 7.34. The number of hydroxylamine groups is 1. The van der Waals surface area contributed by atoms with Crippen LogP contribution < -0.4 is 5.06 Å². The smallest absolute Gasteiger partial charge is 0.331 e. The van der Waals surface area contributed by atoms with Gasteiger partial charge in [-0.25, -0.2) is 4.79 Å². The Hall–Kier alpha value is -3.48. The Morgan fingerprint density at radius 1 is 1.13 bits per heavy atom. The second-order valence-electron chi connectivity index (χ2n) is 8.90. The fourth-order valence-electron chi connectivity index (χ4n) is 4.79. The van der Waals surface area contributed by atoms with E-state index in [1.165, 1.54) is 29.3 Å². The summed E-state index contributed by atoms with van der Waals surface area (Å²) in [5.74, 6) is -0.480. The zero-order chi connectivity index (χ0) is 22.4. The van der Waals surface area contributed by atoms with E-state index in [0.29, 0.717) is 11.3 Å². The Morgan fingerprint density at radius 2 is 1.77 bits per heavy atom. The average molecular weight is 420 g/mol. The molecule has 2 aliphatic carbocycles. The predicted molar refractivity (Wildman–Crippen MR) is 115 cm³/mol. The van der Waals surface area contributed by atoms with Crippen molar-refractivity contribution in [2.75, 3.05) is 5.06 Å². The van der Waals surface area contributed by atoms with Crippen molar-refractivity contribution in [1.29, 1.82) is 0 Å². The van der Waals surface area contributed by atoms with Crippen LogP contribution in [0.3, 0.4) is 0 Å². The molecule has 2 bridgehead atoms. The molecular formula is C24H24N2O5. The van der Waals surface area contributed by atoms with Crippen LogP contribution in [0.1, 0.15) is 44.0 Å². The number of non-ortho nitro benzene ring substituents is 1. The number of nitro groups is 1. The molecule has 7 heteroatoms. The van der Waals surface area contributed by atoms with Crippen molar-refractivity contribution in [3.05, 3.63) is 82.0 Å². The standard InChI is InChI=1S/C24H24N2O5/c1-23(2)20-13-14-24(23,3)21(27)19(20)15-25(17-7-5-4-6-8-17)31-22(28)16-9-11-18(12-10-16)26(29)30/h4-12,15,20H,13-14H2,1-3H3/b19-15-/t20-,24+/m0/s1. The van der Waals surface area contributed by atoms with Gasteiger partial charge in [0.05, 0.1) is 22.4 Å². The van der Waals surface area contributed by atoms with Gasteiger partial charge in [-0.2, -0.15) is 5.06 Å². The number of nitro benzene ring substituents is 1. The van der Waals surface area contributed by atoms with E-state index in [1.807, 2.05) is 25.1 Å². The Balaban J connectivity index is 1.67. The zero-order valence-electron chi connectivity index (χ0n) is 17.7. The van der Waals surface area contributed by atoms with Gasteiger partial charge in [0.2, 0.25) is 0 Å². The van der Waals surface area contributed by atoms with Gasteiger partial charge in [-0.1, -0.05) is 39.0 Å². The Labute approximate surface area is 180 Å². The molecule has 0 aromatic heterocycles. The number of nitrogens with zero attached hydrogens (tertiary/aromatic N) is 2. The van der Waals surface area contributed by atoms with Gasteiger partial charge >= 0.3 is 5.97 Å². The van der Waals surface area contributed by atoms with Crippen LogP contribution in [0.5, 0.6) is 0 Å². The van der Waals surface area contributed by atoms with Crippen molar-refractivity contribution in [2.24, 2.45) is 16.7 Å². The van der Waals surface area contributed by atoms with Gasteiger partial charge < -0.3 is 4.84 Å². The van der Waals surface area contributed by atoms with Gasteiger partial charge in [0, 0.05) is 23.1 Å². The van der Waals surface area contributed by atoms with Gasteiger partial charge in [0.15, 0.2) is 5.78 Å². The fraction of sp³-hybridized carbons (Fsp3) is 0.333. The number of ketones is 1. The van der Waals surface area contributed by atoms with Crippen molar-refractivity contribution in [3.63, 3.8) is 0 Å². The number of hydrogen-bond donors (Lipinski definition) is 0. The number of fused-ring (bicyclic) bond motifs is 2. The van der Waals surface area contributed by atoms with Crippen molar-refractivity contribution in [3.8, 4) is 0 Å². The minimum atomic E-state index is -0.670. The zero-order valence-corrected chi connectivity index (χ0v) is 17.7. The molecule has 7 nitrogen and oxygen atoms in total. The largest absolute Gasteiger partial charge is 0.363 e. The monoisotopic (exact) mass is 420 g/mol. The highest BCUT2D eigenvalue weighted by atomic mass is 16.7. The third-order valence-corrected chi connectivity index (χ3v) is 7.13. The first-order valence-corrected chi connectivity index (χ1v) is 10.2. The van der Waals surface area contributed by atoms with Crippen LogP contribution in [0.25, 0.3) is 0 Å². The normalized spacial score (nSPS) is 24.9. The van der Waals surface area contributed by atoms with Crippen LogP contribution in [0.2, 0.25) is 0 Å². The lowest BCUT2D eigenvalue weighted by Gasteiger charge is -2.31. The maximum atomic E-state index is 13.2. The van der Waals surface area contributed by atoms with Gasteiger partial charge in [0.25, 0.3) is 5.69 Å². The maximum absolute atomic E-state index is 13.2. The molecule has 0 aliphatic heterocycles. The number of carbonyl (C=O) groups excluding carboxylic acids is 2. The van der Waals surface area contributed by atoms with Crippen LogP contribution in [0, 0.1) is 26.9 Å². The highest BCUT2D eigenvalue weighted by molar-refractivity contribution is 6.05. The lowest BCUT2D eigenvalue weighted by molar-refractivity contribution is -0.384. The molecule has 4 rings (SSSR count). The summed E-state index contributed by atoms with van der Waals surface area (Å²) in [5.41, 5.74) is 0.746. The van der Waals surface area contributed by atoms with Crippen molar-refractivity contribution in [2.45, 2.75) is 33.6 Å². The number of allylic oxidation sites excluding steroid dienone is 1. The molecule has 0 saturated heterocycles. The number of benzene rings is 2. The minimum absolute atomic E-state index is 0.0919. The summed E-state index contributed by atoms with van der Waals surface area (Å²) in [4.78, 5) is 42.0. The van der Waals surface area contributed by atoms with Gasteiger partial charge in [0.1, 0.15) is 0 Å². The molecule has 160 valence electrons. The first-order chi connectivity index (χ1) is 14.6. The predicted octanol–water partition coefficient (Wildman–Crippen LogP) is 5.08. The lowest BCUT2D eigenvalue weighted by Crippen LogP contribution is -2.32. The SMILES string of the molecule is CC1(C)[C@H]2CC[C@]1(C)C(=O)/C2=C\N(OC(=O)c1ccc([N+](=O)[O-])cc1)c1ccccc1. The van der Waals surface area contributed by atoms with Gasteiger partial charge in [-0.3, -0.25) is 14.9 Å². The highest BCUT2D eigenvalue weighted by Crippen LogP contribution is 2.65. The molecule has 0 N–H and O–H groups in total. The topological polar surface area (TPSA) is 89.8 Å². The number of hydrogen-bond acceptors (Lipinski definition) is 6. The summed E-state index contributed by atoms with van der Waals surface area (Å²) in [6.07, 6.45) is 3.41. The molecule has 2 atom stereocenters. The summed E-state index contributed by atoms with van der Waals surface area (Å²) in [6.45, 7) is 6.27. The fourth-order valence-corrected chi connectivity index (χ4v) is 4.79. The molecule has 2 aliphatic rings. The second-order valence-corrected chi connectivity index (χ2v) is 8.90. The molecule has 0 amide bonds. The van der Waals surface area contributed by atoms with Gasteiger partial charge in [-0.15, -0.1) is 0 Å². The Kier molecular flexibility index (Phi) is 4.92. The van der Waals surface area contributed by atoms with Crippen molar-refractivity contribution in [1.82, 2.24) is 0 Å². The summed E-state index contributed by atoms with van der Waals surface area (Å²) in [5, 5.41) is 12.2. The molecule has 31 heavy (non-hydrogen) atoms. The minimum Gasteiger partial charge on any atom is -0.331 e. The van der Waals surface area contributed by atoms with Crippen molar-refractivity contribution < 1.29 is 19.3 Å². The quantitative estimate of drug-likeness (QED) is 0.381. The first-order valence-electron chi connectivity index (χ1n) is 10.2. The van der Waals surface area contributed by atoms with E-state index >= 15 is 0 Å². The highest BCUT2D eigenvalue weighted by Gasteiger charge is 2.64. The lowest BCUT2D eigenvalue weighted by atomic mass is 9.70. The van der Waals surface area contributed by atoms with E-state index in [9.17, 15) is 19.7 Å². The van der Waals surface area contributed by atoms with Gasteiger partial charge in [-0.05, 0) is 48.4 Å². The van der Waals surface area contributed by atoms with Crippen LogP contribution in [-0.2, 0) is 9.63 Å². The molecule has 2 aromatic carbocycles. The third kappa shape index (κ3) is 3.30. The summed E-state index contributed by atoms with van der Waals surface area (Å²) >= 11 is 0. The van der Waals surface area contributed by atoms with E-state index < -0.39 is 16.3 Å². The maximum Gasteiger partial charge on any atom is 0.363 e. The molecule has 0 radical (unpaired) electrons. The molecule has 0 spiro atoms. The van der Waals surface area contributed by atoms with Crippen LogP contribution in [0.4, 0.5) is 11.4 Å². The first kappa shape index (κ1) is 20.8. The number of para-hydroxylation sites is 1. The van der Waals surface area contributed by atoms with E-state index in [1.54, 1.807) is 18.3 Å². The number of rotatable bonds is 5. The molecule has 2 aromatic rings. The Morgan fingerprint density at radius 3 is 2.32 bits per heavy atom. The van der Waals surface area contributed by atoms with E-state index in [0.717, 1.165) is 12.8 Å². The van der Waals surface area contributed by atoms with Crippen LogP contribution >= 0.6 is 0 Å². The average Bonchev–Trinajstić information content (AvgIpc) is 3.07. The molecule has 0 unspecified atom stereocenters. The summed E-state index contributed by atoms with van der Waals surface area (Å²) in [6, 6.07) is 14.3. The summed E-state index contributed by atoms with van der Waals surface area (Å²) < 4.78 is 0. The van der Waals surface area contributed by atoms with Crippen LogP contribution in [-0.4, -0.2) is 16.7 Å². The molecule has 2 saturated carbocycles. The Bertz CT molecular complexity index is 1070.